The molecule has 3 heteroatoms. The lowest BCUT2D eigenvalue weighted by Gasteiger charge is -2.50. The van der Waals surface area contributed by atoms with Gasteiger partial charge in [-0.3, -0.25) is 0 Å². The van der Waals surface area contributed by atoms with Crippen LogP contribution in [0.1, 0.15) is 59.1 Å². The standard InChI is InChI=1S/C21H35NO2/c1-7-21(5,6)20-10-8-19(9-11-20)12-16(2)13-22(23)14-17(3)24-18(4)15-22/h8-11,16-18H,7,12-15H2,1-6H3/t16-,17-,18+,22?/m1/s1. The predicted octanol–water partition coefficient (Wildman–Crippen LogP) is 4.67. The zero-order valence-electron chi connectivity index (χ0n) is 16.3. The van der Waals surface area contributed by atoms with Crippen LogP contribution in [-0.2, 0) is 16.6 Å². The summed E-state index contributed by atoms with van der Waals surface area (Å²) in [4.78, 5) is 0. The zero-order valence-corrected chi connectivity index (χ0v) is 16.3. The van der Waals surface area contributed by atoms with Gasteiger partial charge in [0.05, 0.1) is 6.54 Å². The van der Waals surface area contributed by atoms with Gasteiger partial charge in [-0.25, -0.2) is 0 Å². The van der Waals surface area contributed by atoms with Gasteiger partial charge in [0, 0.05) is 5.92 Å². The number of quaternary nitrogens is 1. The molecule has 1 aliphatic heterocycles. The molecule has 2 rings (SSSR count). The van der Waals surface area contributed by atoms with Crippen LogP contribution in [-0.4, -0.2) is 36.5 Å². The van der Waals surface area contributed by atoms with Crippen LogP contribution in [0.3, 0.4) is 0 Å². The van der Waals surface area contributed by atoms with Crippen molar-refractivity contribution in [1.29, 1.82) is 0 Å². The third kappa shape index (κ3) is 5.05. The van der Waals surface area contributed by atoms with Crippen molar-refractivity contribution in [2.24, 2.45) is 5.92 Å². The lowest BCUT2D eigenvalue weighted by atomic mass is 9.82. The summed E-state index contributed by atoms with van der Waals surface area (Å²) in [6.07, 6.45) is 2.24. The van der Waals surface area contributed by atoms with Gasteiger partial charge in [-0.1, -0.05) is 52.0 Å². The van der Waals surface area contributed by atoms with Gasteiger partial charge in [-0.15, -0.1) is 0 Å². The SMILES string of the molecule is CCC(C)(C)c1ccc(C[C@@H](C)C[N+]2([O-])C[C@@H](C)O[C@@H](C)C2)cc1. The maximum absolute atomic E-state index is 13.0. The Kier molecular flexibility index (Phi) is 6.11. The van der Waals surface area contributed by atoms with Crippen LogP contribution in [0.4, 0.5) is 0 Å². The van der Waals surface area contributed by atoms with Gasteiger partial charge in [0.25, 0.3) is 0 Å². The van der Waals surface area contributed by atoms with Gasteiger partial charge in [0.15, 0.2) is 0 Å². The van der Waals surface area contributed by atoms with Crippen molar-refractivity contribution in [3.8, 4) is 0 Å². The Morgan fingerprint density at radius 3 is 2.21 bits per heavy atom. The second-order valence-corrected chi connectivity index (χ2v) is 8.61. The van der Waals surface area contributed by atoms with E-state index in [0.29, 0.717) is 25.6 Å². The second-order valence-electron chi connectivity index (χ2n) is 8.61. The van der Waals surface area contributed by atoms with Gasteiger partial charge < -0.3 is 14.6 Å². The molecular weight excluding hydrogens is 298 g/mol. The largest absolute Gasteiger partial charge is 0.633 e. The highest BCUT2D eigenvalue weighted by Crippen LogP contribution is 2.27. The Labute approximate surface area is 148 Å². The molecule has 1 aliphatic rings. The van der Waals surface area contributed by atoms with Crippen molar-refractivity contribution in [2.45, 2.75) is 72.0 Å². The lowest BCUT2D eigenvalue weighted by molar-refractivity contribution is -0.898. The molecular formula is C21H35NO2. The number of hydrogen-bond donors (Lipinski definition) is 0. The second kappa shape index (κ2) is 7.55. The quantitative estimate of drug-likeness (QED) is 0.559. The average molecular weight is 334 g/mol. The number of benzene rings is 1. The van der Waals surface area contributed by atoms with Crippen LogP contribution in [0.25, 0.3) is 0 Å². The molecule has 0 radical (unpaired) electrons. The molecule has 1 saturated heterocycles. The van der Waals surface area contributed by atoms with Gasteiger partial charge >= 0.3 is 0 Å². The van der Waals surface area contributed by atoms with Crippen LogP contribution in [0.5, 0.6) is 0 Å². The van der Waals surface area contributed by atoms with E-state index in [1.807, 2.05) is 13.8 Å². The van der Waals surface area contributed by atoms with Crippen molar-refractivity contribution in [1.82, 2.24) is 0 Å². The normalized spacial score (nSPS) is 29.5. The lowest BCUT2D eigenvalue weighted by Crippen LogP contribution is -2.57. The number of ether oxygens (including phenoxy) is 1. The van der Waals surface area contributed by atoms with Gasteiger partial charge in [-0.2, -0.15) is 0 Å². The first kappa shape index (κ1) is 19.4. The Hall–Kier alpha value is -0.900. The van der Waals surface area contributed by atoms with Gasteiger partial charge in [-0.05, 0) is 43.2 Å². The molecule has 1 fully saturated rings. The number of morpholine rings is 1. The minimum absolute atomic E-state index is 0.0639. The van der Waals surface area contributed by atoms with E-state index < -0.39 is 0 Å². The molecule has 1 heterocycles. The summed E-state index contributed by atoms with van der Waals surface area (Å²) >= 11 is 0. The fourth-order valence-corrected chi connectivity index (χ4v) is 3.97. The van der Waals surface area contributed by atoms with Crippen LogP contribution in [0, 0.1) is 11.1 Å². The number of hydrogen-bond acceptors (Lipinski definition) is 2. The highest BCUT2D eigenvalue weighted by Gasteiger charge is 2.32. The Bertz CT molecular complexity index is 513. The molecule has 0 spiro atoms. The van der Waals surface area contributed by atoms with E-state index in [-0.39, 0.29) is 22.3 Å². The van der Waals surface area contributed by atoms with E-state index in [9.17, 15) is 5.21 Å². The molecule has 0 bridgehead atoms. The van der Waals surface area contributed by atoms with Crippen LogP contribution < -0.4 is 0 Å². The third-order valence-corrected chi connectivity index (χ3v) is 5.49. The van der Waals surface area contributed by atoms with E-state index in [0.717, 1.165) is 12.8 Å². The molecule has 1 aromatic carbocycles. The van der Waals surface area contributed by atoms with E-state index >= 15 is 0 Å². The monoisotopic (exact) mass is 333 g/mol. The zero-order chi connectivity index (χ0) is 18.0. The minimum Gasteiger partial charge on any atom is -0.633 e. The van der Waals surface area contributed by atoms with Crippen molar-refractivity contribution in [3.05, 3.63) is 40.6 Å². The molecule has 0 aromatic heterocycles. The van der Waals surface area contributed by atoms with E-state index in [1.165, 1.54) is 11.1 Å². The summed E-state index contributed by atoms with van der Waals surface area (Å²) in [5, 5.41) is 13.0. The number of rotatable bonds is 6. The van der Waals surface area contributed by atoms with Gasteiger partial charge in [0.2, 0.25) is 0 Å². The smallest absolute Gasteiger partial charge is 0.105 e. The van der Waals surface area contributed by atoms with Gasteiger partial charge in [0.1, 0.15) is 25.3 Å². The topological polar surface area (TPSA) is 32.3 Å². The fraction of sp³-hybridized carbons (Fsp3) is 0.714. The Morgan fingerprint density at radius 1 is 1.17 bits per heavy atom. The molecule has 3 nitrogen and oxygen atoms in total. The van der Waals surface area contributed by atoms with Crippen molar-refractivity contribution in [2.75, 3.05) is 19.6 Å². The highest BCUT2D eigenvalue weighted by molar-refractivity contribution is 5.28. The third-order valence-electron chi connectivity index (χ3n) is 5.49. The van der Waals surface area contributed by atoms with Crippen LogP contribution >= 0.6 is 0 Å². The average Bonchev–Trinajstić information content (AvgIpc) is 2.45. The minimum atomic E-state index is -0.107. The molecule has 0 amide bonds. The maximum Gasteiger partial charge on any atom is 0.105 e. The molecule has 0 saturated carbocycles. The summed E-state index contributed by atoms with van der Waals surface area (Å²) in [5.74, 6) is 0.380. The molecule has 1 aromatic rings. The van der Waals surface area contributed by atoms with Crippen molar-refractivity contribution in [3.63, 3.8) is 0 Å². The molecule has 1 unspecified atom stereocenters. The maximum atomic E-state index is 13.0. The molecule has 24 heavy (non-hydrogen) atoms. The molecule has 0 aliphatic carbocycles. The Balaban J connectivity index is 1.96. The predicted molar refractivity (Wildman–Crippen MR) is 101 cm³/mol. The van der Waals surface area contributed by atoms with Crippen LogP contribution in [0.15, 0.2) is 24.3 Å². The van der Waals surface area contributed by atoms with E-state index in [4.69, 9.17) is 4.74 Å². The highest BCUT2D eigenvalue weighted by atomic mass is 16.6. The fourth-order valence-electron chi connectivity index (χ4n) is 3.97. The Morgan fingerprint density at radius 2 is 1.71 bits per heavy atom. The summed E-state index contributed by atoms with van der Waals surface area (Å²) < 4.78 is 5.61. The summed E-state index contributed by atoms with van der Waals surface area (Å²) in [5.41, 5.74) is 2.96. The first-order valence-electron chi connectivity index (χ1n) is 9.45. The number of hydroxylamine groups is 3. The summed E-state index contributed by atoms with van der Waals surface area (Å²) in [6.45, 7) is 14.9. The van der Waals surface area contributed by atoms with E-state index in [1.54, 1.807) is 0 Å². The summed E-state index contributed by atoms with van der Waals surface area (Å²) in [6, 6.07) is 8.99. The molecule has 136 valence electrons. The number of nitrogens with zero attached hydrogens (tertiary/aromatic N) is 1. The van der Waals surface area contributed by atoms with E-state index in [2.05, 4.69) is 52.0 Å². The van der Waals surface area contributed by atoms with Crippen LogP contribution in [0.2, 0.25) is 0 Å². The van der Waals surface area contributed by atoms with Crippen molar-refractivity contribution >= 4 is 0 Å². The first-order valence-corrected chi connectivity index (χ1v) is 9.45. The molecule has 4 atom stereocenters. The molecule has 0 N–H and O–H groups in total. The summed E-state index contributed by atoms with van der Waals surface area (Å²) in [7, 11) is 0. The first-order chi connectivity index (χ1) is 11.1. The van der Waals surface area contributed by atoms with Crippen molar-refractivity contribution < 1.29 is 9.38 Å².